The Kier molecular flexibility index (Phi) is 7.33. The molecule has 0 bridgehead atoms. The lowest BCUT2D eigenvalue weighted by molar-refractivity contribution is -0.384. The first-order chi connectivity index (χ1) is 9.19. The van der Waals surface area contributed by atoms with E-state index in [-0.39, 0.29) is 10.6 Å². The van der Waals surface area contributed by atoms with Gasteiger partial charge in [0.1, 0.15) is 5.69 Å². The zero-order valence-electron chi connectivity index (χ0n) is 11.6. The summed E-state index contributed by atoms with van der Waals surface area (Å²) in [6, 6.07) is 5.49. The second-order valence-electron chi connectivity index (χ2n) is 4.44. The third kappa shape index (κ3) is 5.51. The highest BCUT2D eigenvalue weighted by molar-refractivity contribution is 7.98. The van der Waals surface area contributed by atoms with Gasteiger partial charge in [0, 0.05) is 18.4 Å². The minimum Gasteiger partial charge on any atom is -0.380 e. The van der Waals surface area contributed by atoms with E-state index in [1.165, 1.54) is 12.8 Å². The molecular weight excluding hydrogens is 260 g/mol. The fourth-order valence-corrected chi connectivity index (χ4v) is 2.72. The van der Waals surface area contributed by atoms with Crippen LogP contribution in [0, 0.1) is 10.1 Å². The van der Waals surface area contributed by atoms with Crippen LogP contribution in [0.1, 0.15) is 38.7 Å². The normalized spacial score (nSPS) is 10.4. The molecule has 1 aromatic carbocycles. The van der Waals surface area contributed by atoms with Gasteiger partial charge in [0.25, 0.3) is 5.69 Å². The van der Waals surface area contributed by atoms with Gasteiger partial charge in [-0.2, -0.15) is 11.8 Å². The molecule has 0 aromatic heterocycles. The highest BCUT2D eigenvalue weighted by Crippen LogP contribution is 2.27. The maximum Gasteiger partial charge on any atom is 0.292 e. The van der Waals surface area contributed by atoms with E-state index in [2.05, 4.69) is 12.2 Å². The molecular formula is C14H22N2O2S. The zero-order valence-corrected chi connectivity index (χ0v) is 12.5. The van der Waals surface area contributed by atoms with Crippen molar-refractivity contribution in [1.82, 2.24) is 0 Å². The van der Waals surface area contributed by atoms with Gasteiger partial charge >= 0.3 is 0 Å². The summed E-state index contributed by atoms with van der Waals surface area (Å²) >= 11 is 1.83. The summed E-state index contributed by atoms with van der Waals surface area (Å²) in [7, 11) is 0. The Morgan fingerprint density at radius 2 is 2.11 bits per heavy atom. The number of rotatable bonds is 9. The third-order valence-electron chi connectivity index (χ3n) is 2.74. The topological polar surface area (TPSA) is 55.2 Å². The fourth-order valence-electron chi connectivity index (χ4n) is 1.66. The first-order valence-corrected chi connectivity index (χ1v) is 7.93. The molecule has 1 rings (SSSR count). The Hall–Kier alpha value is -1.23. The van der Waals surface area contributed by atoms with E-state index in [9.17, 15) is 10.1 Å². The maximum absolute atomic E-state index is 11.1. The summed E-state index contributed by atoms with van der Waals surface area (Å²) in [5.41, 5.74) is 1.83. The zero-order chi connectivity index (χ0) is 14.1. The Bertz CT molecular complexity index is 410. The Balaban J connectivity index is 2.69. The molecule has 1 N–H and O–H groups in total. The summed E-state index contributed by atoms with van der Waals surface area (Å²) < 4.78 is 0. The third-order valence-corrected chi connectivity index (χ3v) is 3.85. The lowest BCUT2D eigenvalue weighted by atomic mass is 10.2. The highest BCUT2D eigenvalue weighted by Gasteiger charge is 2.13. The summed E-state index contributed by atoms with van der Waals surface area (Å²) in [6.07, 6.45) is 3.34. The number of nitrogens with zero attached hydrogens (tertiary/aromatic N) is 1. The van der Waals surface area contributed by atoms with Gasteiger partial charge in [-0.15, -0.1) is 0 Å². The van der Waals surface area contributed by atoms with Crippen LogP contribution in [0.4, 0.5) is 11.4 Å². The molecule has 0 saturated heterocycles. The second-order valence-corrected chi connectivity index (χ2v) is 5.55. The van der Waals surface area contributed by atoms with Crippen molar-refractivity contribution >= 4 is 23.1 Å². The molecule has 0 atom stereocenters. The van der Waals surface area contributed by atoms with Gasteiger partial charge in [0.2, 0.25) is 0 Å². The quantitative estimate of drug-likeness (QED) is 0.413. The fraction of sp³-hybridized carbons (Fsp3) is 0.571. The number of hydrogen-bond donors (Lipinski definition) is 1. The van der Waals surface area contributed by atoms with E-state index in [1.54, 1.807) is 6.07 Å². The van der Waals surface area contributed by atoms with E-state index in [0.29, 0.717) is 5.69 Å². The molecule has 0 fully saturated rings. The van der Waals surface area contributed by atoms with Crippen molar-refractivity contribution in [2.45, 2.75) is 38.9 Å². The molecule has 0 amide bonds. The average molecular weight is 282 g/mol. The minimum absolute atomic E-state index is 0.182. The van der Waals surface area contributed by atoms with Crippen molar-refractivity contribution in [1.29, 1.82) is 0 Å². The van der Waals surface area contributed by atoms with Crippen molar-refractivity contribution < 1.29 is 4.92 Å². The van der Waals surface area contributed by atoms with Crippen LogP contribution in [0.15, 0.2) is 18.2 Å². The summed E-state index contributed by atoms with van der Waals surface area (Å²) in [5.74, 6) is 1.95. The molecule has 0 aliphatic carbocycles. The number of anilines is 1. The average Bonchev–Trinajstić information content (AvgIpc) is 2.41. The molecule has 0 unspecified atom stereocenters. The molecule has 0 aliphatic rings. The van der Waals surface area contributed by atoms with Crippen LogP contribution in [-0.2, 0) is 5.75 Å². The summed E-state index contributed by atoms with van der Waals surface area (Å²) in [4.78, 5) is 10.8. The summed E-state index contributed by atoms with van der Waals surface area (Å²) in [5, 5.41) is 14.2. The second kappa shape index (κ2) is 8.80. The van der Waals surface area contributed by atoms with Crippen LogP contribution in [0.3, 0.4) is 0 Å². The molecule has 1 aromatic rings. The number of nitro benzene ring substituents is 1. The van der Waals surface area contributed by atoms with Crippen molar-refractivity contribution in [3.05, 3.63) is 33.9 Å². The van der Waals surface area contributed by atoms with Crippen molar-refractivity contribution in [3.8, 4) is 0 Å². The number of hydrogen-bond acceptors (Lipinski definition) is 4. The molecule has 106 valence electrons. The van der Waals surface area contributed by atoms with E-state index in [0.717, 1.165) is 30.0 Å². The van der Waals surface area contributed by atoms with Gasteiger partial charge < -0.3 is 5.32 Å². The van der Waals surface area contributed by atoms with Crippen molar-refractivity contribution in [2.24, 2.45) is 0 Å². The molecule has 0 radical (unpaired) electrons. The van der Waals surface area contributed by atoms with E-state index < -0.39 is 0 Å². The van der Waals surface area contributed by atoms with Gasteiger partial charge in [-0.05, 0) is 30.2 Å². The lowest BCUT2D eigenvalue weighted by Crippen LogP contribution is -2.03. The maximum atomic E-state index is 11.1. The number of nitro groups is 1. The van der Waals surface area contributed by atoms with Gasteiger partial charge in [0.15, 0.2) is 0 Å². The summed E-state index contributed by atoms with van der Waals surface area (Å²) in [6.45, 7) is 4.96. The first kappa shape index (κ1) is 15.8. The Morgan fingerprint density at radius 1 is 1.32 bits per heavy atom. The Labute approximate surface area is 119 Å². The molecule has 0 heterocycles. The predicted octanol–water partition coefficient (Wildman–Crippen LogP) is 4.45. The molecule has 0 spiro atoms. The lowest BCUT2D eigenvalue weighted by Gasteiger charge is -2.07. The number of benzene rings is 1. The smallest absolute Gasteiger partial charge is 0.292 e. The SMILES string of the molecule is CCCCSCc1ccc(NCCC)c([N+](=O)[O-])c1. The van der Waals surface area contributed by atoms with Crippen LogP contribution in [0.2, 0.25) is 0 Å². The van der Waals surface area contributed by atoms with Gasteiger partial charge in [0.05, 0.1) is 4.92 Å². The van der Waals surface area contributed by atoms with Gasteiger partial charge in [-0.25, -0.2) is 0 Å². The van der Waals surface area contributed by atoms with Crippen LogP contribution in [0.25, 0.3) is 0 Å². The van der Waals surface area contributed by atoms with Gasteiger partial charge in [-0.3, -0.25) is 10.1 Å². The first-order valence-electron chi connectivity index (χ1n) is 6.78. The monoisotopic (exact) mass is 282 g/mol. The van der Waals surface area contributed by atoms with Crippen LogP contribution in [0.5, 0.6) is 0 Å². The van der Waals surface area contributed by atoms with Crippen LogP contribution >= 0.6 is 11.8 Å². The van der Waals surface area contributed by atoms with Crippen molar-refractivity contribution in [2.75, 3.05) is 17.6 Å². The number of unbranched alkanes of at least 4 members (excludes halogenated alkanes) is 1. The van der Waals surface area contributed by atoms with Crippen LogP contribution < -0.4 is 5.32 Å². The number of thioether (sulfide) groups is 1. The predicted molar refractivity (Wildman–Crippen MR) is 82.9 cm³/mol. The molecule has 5 heteroatoms. The minimum atomic E-state index is -0.307. The number of nitrogens with one attached hydrogen (secondary N) is 1. The van der Waals surface area contributed by atoms with Crippen molar-refractivity contribution in [3.63, 3.8) is 0 Å². The molecule has 0 aliphatic heterocycles. The van der Waals surface area contributed by atoms with Crippen LogP contribution in [-0.4, -0.2) is 17.2 Å². The van der Waals surface area contributed by atoms with E-state index in [4.69, 9.17) is 0 Å². The standard InChI is InChI=1S/C14H22N2O2S/c1-3-5-9-19-11-12-6-7-13(15-8-4-2)14(10-12)16(17)18/h6-7,10,15H,3-5,8-9,11H2,1-2H3. The molecule has 4 nitrogen and oxygen atoms in total. The van der Waals surface area contributed by atoms with E-state index in [1.807, 2.05) is 30.8 Å². The highest BCUT2D eigenvalue weighted by atomic mass is 32.2. The van der Waals surface area contributed by atoms with Gasteiger partial charge in [-0.1, -0.05) is 26.3 Å². The van der Waals surface area contributed by atoms with E-state index >= 15 is 0 Å². The molecule has 0 saturated carbocycles. The Morgan fingerprint density at radius 3 is 2.74 bits per heavy atom. The largest absolute Gasteiger partial charge is 0.380 e. The molecule has 19 heavy (non-hydrogen) atoms.